The molecule has 0 radical (unpaired) electrons. The number of thiophene rings is 1. The number of methoxy groups -OCH3 is 1. The monoisotopic (exact) mass is 460 g/mol. The number of nitrogens with one attached hydrogen (secondary N) is 1. The number of H-pyrrole nitrogens is 1. The Morgan fingerprint density at radius 1 is 1.21 bits per heavy atom. The Morgan fingerprint density at radius 2 is 2.03 bits per heavy atom. The van der Waals surface area contributed by atoms with Crippen LogP contribution in [0.3, 0.4) is 0 Å². The molecule has 4 aromatic rings. The van der Waals surface area contributed by atoms with E-state index >= 15 is 0 Å². The standard InChI is InChI=1S/C25H24N4O3S/c1-12-20-13(2)26-22(14-4-5-14)28-23(20)33-21(12)24(30)29-9-8-19-17(11-29)16-10-15(25(31)32-3)6-7-18(16)27-19/h6-7,10,14,27H,4-5,8-9,11H2,1-3H3. The van der Waals surface area contributed by atoms with Gasteiger partial charge >= 0.3 is 5.97 Å². The number of carbonyl (C=O) groups excluding carboxylic acids is 2. The van der Waals surface area contributed by atoms with Crippen molar-refractivity contribution in [2.75, 3.05) is 13.7 Å². The molecule has 1 fully saturated rings. The first kappa shape index (κ1) is 20.4. The molecule has 8 heteroatoms. The van der Waals surface area contributed by atoms with E-state index in [0.717, 1.165) is 73.6 Å². The summed E-state index contributed by atoms with van der Waals surface area (Å²) in [5, 5.41) is 1.98. The van der Waals surface area contributed by atoms with Crippen LogP contribution in [0.5, 0.6) is 0 Å². The molecule has 1 saturated carbocycles. The van der Waals surface area contributed by atoms with Gasteiger partial charge in [-0.3, -0.25) is 4.79 Å². The minimum atomic E-state index is -0.362. The second kappa shape index (κ2) is 7.38. The fourth-order valence-electron chi connectivity index (χ4n) is 4.86. The van der Waals surface area contributed by atoms with Gasteiger partial charge in [0.15, 0.2) is 0 Å². The van der Waals surface area contributed by atoms with Crippen molar-refractivity contribution in [1.29, 1.82) is 0 Å². The zero-order valence-electron chi connectivity index (χ0n) is 18.8. The summed E-state index contributed by atoms with van der Waals surface area (Å²) in [7, 11) is 1.38. The number of esters is 1. The van der Waals surface area contributed by atoms with Gasteiger partial charge in [-0.15, -0.1) is 11.3 Å². The summed E-state index contributed by atoms with van der Waals surface area (Å²) in [6.45, 7) is 5.17. The quantitative estimate of drug-likeness (QED) is 0.450. The van der Waals surface area contributed by atoms with Crippen LogP contribution in [0, 0.1) is 13.8 Å². The van der Waals surface area contributed by atoms with E-state index in [1.165, 1.54) is 18.4 Å². The topological polar surface area (TPSA) is 88.2 Å². The van der Waals surface area contributed by atoms with Crippen molar-refractivity contribution in [1.82, 2.24) is 19.9 Å². The van der Waals surface area contributed by atoms with Crippen molar-refractivity contribution < 1.29 is 14.3 Å². The summed E-state index contributed by atoms with van der Waals surface area (Å²) in [6, 6.07) is 5.52. The number of aromatic nitrogens is 3. The Hall–Kier alpha value is -3.26. The SMILES string of the molecule is COC(=O)c1ccc2[nH]c3c(c2c1)CN(C(=O)c1sc2nc(C4CC4)nc(C)c2c1C)CC3. The Labute approximate surface area is 194 Å². The first-order chi connectivity index (χ1) is 15.9. The third kappa shape index (κ3) is 3.23. The molecule has 0 bridgehead atoms. The molecule has 0 spiro atoms. The number of amides is 1. The lowest BCUT2D eigenvalue weighted by atomic mass is 10.0. The van der Waals surface area contributed by atoms with Crippen molar-refractivity contribution in [3.05, 3.63) is 57.0 Å². The van der Waals surface area contributed by atoms with Crippen LogP contribution in [0.15, 0.2) is 18.2 Å². The number of rotatable bonds is 3. The number of aryl methyl sites for hydroxylation is 2. The lowest BCUT2D eigenvalue weighted by Gasteiger charge is -2.27. The number of carbonyl (C=O) groups is 2. The number of hydrogen-bond donors (Lipinski definition) is 1. The molecule has 1 aliphatic heterocycles. The Bertz CT molecular complexity index is 1460. The van der Waals surface area contributed by atoms with Gasteiger partial charge < -0.3 is 14.6 Å². The molecule has 0 atom stereocenters. The van der Waals surface area contributed by atoms with Gasteiger partial charge in [-0.1, -0.05) is 0 Å². The lowest BCUT2D eigenvalue weighted by Crippen LogP contribution is -2.35. The van der Waals surface area contributed by atoms with Crippen LogP contribution >= 0.6 is 11.3 Å². The van der Waals surface area contributed by atoms with Gasteiger partial charge in [-0.2, -0.15) is 0 Å². The van der Waals surface area contributed by atoms with Crippen LogP contribution < -0.4 is 0 Å². The number of nitrogens with zero attached hydrogens (tertiary/aromatic N) is 3. The predicted molar refractivity (Wildman–Crippen MR) is 127 cm³/mol. The molecule has 4 heterocycles. The van der Waals surface area contributed by atoms with E-state index in [1.54, 1.807) is 6.07 Å². The minimum Gasteiger partial charge on any atom is -0.465 e. The molecule has 168 valence electrons. The van der Waals surface area contributed by atoms with Crippen LogP contribution in [0.25, 0.3) is 21.1 Å². The average Bonchev–Trinajstić information content (AvgIpc) is 3.53. The third-order valence-electron chi connectivity index (χ3n) is 6.81. The highest BCUT2D eigenvalue weighted by Crippen LogP contribution is 2.41. The Kier molecular flexibility index (Phi) is 4.55. The zero-order chi connectivity index (χ0) is 22.9. The van der Waals surface area contributed by atoms with Crippen LogP contribution in [-0.2, 0) is 17.7 Å². The fourth-order valence-corrected chi connectivity index (χ4v) is 6.07. The molecule has 6 rings (SSSR count). The van der Waals surface area contributed by atoms with Gasteiger partial charge in [0.05, 0.1) is 23.2 Å². The summed E-state index contributed by atoms with van der Waals surface area (Å²) in [5.41, 5.74) is 5.61. The van der Waals surface area contributed by atoms with E-state index in [-0.39, 0.29) is 11.9 Å². The highest BCUT2D eigenvalue weighted by atomic mass is 32.1. The molecule has 1 N–H and O–H groups in total. The van der Waals surface area contributed by atoms with E-state index < -0.39 is 0 Å². The van der Waals surface area contributed by atoms with Gasteiger partial charge in [0, 0.05) is 53.0 Å². The van der Waals surface area contributed by atoms with Gasteiger partial charge in [0.2, 0.25) is 0 Å². The molecule has 1 amide bonds. The first-order valence-corrected chi connectivity index (χ1v) is 12.0. The van der Waals surface area contributed by atoms with Gasteiger partial charge in [0.1, 0.15) is 10.7 Å². The normalized spacial score (nSPS) is 15.8. The smallest absolute Gasteiger partial charge is 0.337 e. The molecule has 3 aromatic heterocycles. The molecule has 1 aromatic carbocycles. The summed E-state index contributed by atoms with van der Waals surface area (Å²) < 4.78 is 4.88. The maximum atomic E-state index is 13.6. The molecule has 0 unspecified atom stereocenters. The fraction of sp³-hybridized carbons (Fsp3) is 0.360. The molecule has 2 aliphatic rings. The minimum absolute atomic E-state index is 0.0343. The number of benzene rings is 1. The first-order valence-electron chi connectivity index (χ1n) is 11.2. The van der Waals surface area contributed by atoms with Gasteiger partial charge in [-0.25, -0.2) is 14.8 Å². The summed E-state index contributed by atoms with van der Waals surface area (Å²) in [4.78, 5) is 42.2. The van der Waals surface area contributed by atoms with E-state index in [9.17, 15) is 9.59 Å². The molecule has 0 saturated heterocycles. The van der Waals surface area contributed by atoms with Crippen molar-refractivity contribution in [3.8, 4) is 0 Å². The molecule has 1 aliphatic carbocycles. The van der Waals surface area contributed by atoms with Crippen molar-refractivity contribution in [2.45, 2.75) is 45.6 Å². The number of aromatic amines is 1. The number of hydrogen-bond acceptors (Lipinski definition) is 6. The maximum Gasteiger partial charge on any atom is 0.337 e. The van der Waals surface area contributed by atoms with E-state index in [4.69, 9.17) is 14.7 Å². The molecular weight excluding hydrogens is 436 g/mol. The maximum absolute atomic E-state index is 13.6. The second-order valence-corrected chi connectivity index (χ2v) is 9.99. The van der Waals surface area contributed by atoms with Crippen LogP contribution in [0.2, 0.25) is 0 Å². The van der Waals surface area contributed by atoms with Crippen LogP contribution in [0.4, 0.5) is 0 Å². The predicted octanol–water partition coefficient (Wildman–Crippen LogP) is 4.65. The Balaban J connectivity index is 1.36. The second-order valence-electron chi connectivity index (χ2n) is 8.99. The van der Waals surface area contributed by atoms with Gasteiger partial charge in [0.25, 0.3) is 5.91 Å². The summed E-state index contributed by atoms with van der Waals surface area (Å²) in [6.07, 6.45) is 3.05. The molecule has 33 heavy (non-hydrogen) atoms. The molecular formula is C25H24N4O3S. The largest absolute Gasteiger partial charge is 0.465 e. The lowest BCUT2D eigenvalue weighted by molar-refractivity contribution is 0.0600. The van der Waals surface area contributed by atoms with Crippen molar-refractivity contribution in [3.63, 3.8) is 0 Å². The highest BCUT2D eigenvalue weighted by Gasteiger charge is 2.31. The highest BCUT2D eigenvalue weighted by molar-refractivity contribution is 7.20. The Morgan fingerprint density at radius 3 is 2.79 bits per heavy atom. The number of ether oxygens (including phenoxy) is 1. The summed E-state index contributed by atoms with van der Waals surface area (Å²) in [5.74, 6) is 1.07. The van der Waals surface area contributed by atoms with Crippen LogP contribution in [0.1, 0.15) is 67.1 Å². The van der Waals surface area contributed by atoms with E-state index in [0.29, 0.717) is 24.6 Å². The third-order valence-corrected chi connectivity index (χ3v) is 7.98. The van der Waals surface area contributed by atoms with Crippen molar-refractivity contribution >= 4 is 44.3 Å². The van der Waals surface area contributed by atoms with Gasteiger partial charge in [-0.05, 0) is 50.5 Å². The van der Waals surface area contributed by atoms with Crippen LogP contribution in [-0.4, -0.2) is 45.4 Å². The molecule has 7 nitrogen and oxygen atoms in total. The average molecular weight is 461 g/mol. The van der Waals surface area contributed by atoms with E-state index in [1.807, 2.05) is 30.9 Å². The zero-order valence-corrected chi connectivity index (χ0v) is 19.6. The summed E-state index contributed by atoms with van der Waals surface area (Å²) >= 11 is 1.48. The number of fused-ring (bicyclic) bond motifs is 4. The van der Waals surface area contributed by atoms with E-state index in [2.05, 4.69) is 4.98 Å². The van der Waals surface area contributed by atoms with Crippen molar-refractivity contribution in [2.24, 2.45) is 0 Å².